The number of fused-ring (bicyclic) bond motifs is 4. The van der Waals surface area contributed by atoms with E-state index < -0.39 is 0 Å². The molecule has 0 spiro atoms. The SMILES string of the molecule is Cc1ccc(-c2ccc(N(c3ccncc3)c3nccc4ccccc34)c3ccccc23)cc1C(C)(C)c1cccc2c1Nc1ccccc1C2(C)C. The maximum absolute atomic E-state index is 4.98. The van der Waals surface area contributed by atoms with Crippen molar-refractivity contribution in [3.63, 3.8) is 0 Å². The molecule has 6 aromatic carbocycles. The highest BCUT2D eigenvalue weighted by Crippen LogP contribution is 2.50. The summed E-state index contributed by atoms with van der Waals surface area (Å²) < 4.78 is 0. The van der Waals surface area contributed by atoms with E-state index in [1.165, 1.54) is 55.7 Å². The summed E-state index contributed by atoms with van der Waals surface area (Å²) in [5.74, 6) is 0.886. The molecule has 1 aliphatic rings. The molecule has 1 aliphatic heterocycles. The zero-order valence-corrected chi connectivity index (χ0v) is 30.9. The number of hydrogen-bond donors (Lipinski definition) is 1. The molecule has 53 heavy (non-hydrogen) atoms. The third-order valence-corrected chi connectivity index (χ3v) is 11.4. The van der Waals surface area contributed by atoms with Gasteiger partial charge in [-0.25, -0.2) is 4.98 Å². The molecule has 0 fully saturated rings. The van der Waals surface area contributed by atoms with E-state index in [2.05, 4.69) is 189 Å². The van der Waals surface area contributed by atoms with Gasteiger partial charge in [0.2, 0.25) is 0 Å². The van der Waals surface area contributed by atoms with E-state index in [1.54, 1.807) is 0 Å². The van der Waals surface area contributed by atoms with Gasteiger partial charge in [-0.3, -0.25) is 9.88 Å². The van der Waals surface area contributed by atoms with Crippen LogP contribution in [0.25, 0.3) is 32.7 Å². The van der Waals surface area contributed by atoms with Crippen LogP contribution in [0.1, 0.15) is 55.5 Å². The first kappa shape index (κ1) is 32.6. The van der Waals surface area contributed by atoms with Crippen LogP contribution >= 0.6 is 0 Å². The standard InChI is InChI=1S/C49H42N4/c1-32-21-22-34(31-43(32)49(4,5)42-19-12-18-41-46(42)52-44-20-11-10-17-40(44)48(41,2)3)36-23-24-45(39-16-9-8-15-38(36)39)53(35-26-28-50-29-27-35)47-37-14-7-6-13-33(37)25-30-51-47/h6-31,52H,1-5H3. The average Bonchev–Trinajstić information content (AvgIpc) is 3.18. The topological polar surface area (TPSA) is 41.1 Å². The Labute approximate surface area is 311 Å². The Morgan fingerprint density at radius 1 is 0.623 bits per heavy atom. The summed E-state index contributed by atoms with van der Waals surface area (Å²) in [5, 5.41) is 8.45. The number of nitrogens with one attached hydrogen (secondary N) is 1. The van der Waals surface area contributed by atoms with Crippen molar-refractivity contribution in [2.24, 2.45) is 0 Å². The highest BCUT2D eigenvalue weighted by atomic mass is 15.2. The molecular weight excluding hydrogens is 645 g/mol. The monoisotopic (exact) mass is 686 g/mol. The Bertz CT molecular complexity index is 2670. The Morgan fingerprint density at radius 3 is 2.17 bits per heavy atom. The Morgan fingerprint density at radius 2 is 1.34 bits per heavy atom. The van der Waals surface area contributed by atoms with Crippen molar-refractivity contribution in [3.8, 4) is 11.1 Å². The zero-order valence-electron chi connectivity index (χ0n) is 30.9. The van der Waals surface area contributed by atoms with Gasteiger partial charge in [0.15, 0.2) is 0 Å². The summed E-state index contributed by atoms with van der Waals surface area (Å²) in [6.45, 7) is 11.7. The minimum absolute atomic E-state index is 0.119. The molecule has 1 N–H and O–H groups in total. The largest absolute Gasteiger partial charge is 0.355 e. The molecule has 0 unspecified atom stereocenters. The van der Waals surface area contributed by atoms with Crippen LogP contribution in [0.15, 0.2) is 158 Å². The molecule has 0 aliphatic carbocycles. The maximum atomic E-state index is 4.98. The molecule has 0 radical (unpaired) electrons. The molecule has 3 heterocycles. The number of aryl methyl sites for hydroxylation is 1. The van der Waals surface area contributed by atoms with E-state index in [9.17, 15) is 0 Å². The fraction of sp³-hybridized carbons (Fsp3) is 0.143. The second kappa shape index (κ2) is 12.5. The van der Waals surface area contributed by atoms with Crippen LogP contribution < -0.4 is 10.2 Å². The Balaban J connectivity index is 1.19. The minimum atomic E-state index is -0.283. The number of para-hydroxylation sites is 2. The molecule has 8 aromatic rings. The number of pyridine rings is 2. The molecule has 0 saturated carbocycles. The molecule has 258 valence electrons. The number of rotatable bonds is 6. The van der Waals surface area contributed by atoms with E-state index in [4.69, 9.17) is 4.98 Å². The predicted octanol–water partition coefficient (Wildman–Crippen LogP) is 12.9. The van der Waals surface area contributed by atoms with Gasteiger partial charge < -0.3 is 5.32 Å². The van der Waals surface area contributed by atoms with Gasteiger partial charge in [-0.2, -0.15) is 0 Å². The molecular formula is C49H42N4. The van der Waals surface area contributed by atoms with Crippen molar-refractivity contribution in [1.29, 1.82) is 0 Å². The lowest BCUT2D eigenvalue weighted by molar-refractivity contribution is 0.614. The van der Waals surface area contributed by atoms with Crippen LogP contribution in [0.5, 0.6) is 0 Å². The third-order valence-electron chi connectivity index (χ3n) is 11.4. The first-order chi connectivity index (χ1) is 25.7. The van der Waals surface area contributed by atoms with Crippen molar-refractivity contribution in [2.45, 2.75) is 45.4 Å². The van der Waals surface area contributed by atoms with Crippen molar-refractivity contribution in [1.82, 2.24) is 9.97 Å². The first-order valence-corrected chi connectivity index (χ1v) is 18.4. The van der Waals surface area contributed by atoms with Crippen molar-refractivity contribution < 1.29 is 0 Å². The van der Waals surface area contributed by atoms with E-state index in [-0.39, 0.29) is 10.8 Å². The second-order valence-corrected chi connectivity index (χ2v) is 15.3. The molecule has 0 saturated heterocycles. The lowest BCUT2D eigenvalue weighted by Crippen LogP contribution is -2.29. The third kappa shape index (κ3) is 5.28. The van der Waals surface area contributed by atoms with Crippen LogP contribution in [0.4, 0.5) is 28.6 Å². The van der Waals surface area contributed by atoms with E-state index in [0.29, 0.717) is 0 Å². The molecule has 4 nitrogen and oxygen atoms in total. The van der Waals surface area contributed by atoms with E-state index in [1.807, 2.05) is 18.6 Å². The van der Waals surface area contributed by atoms with Gasteiger partial charge in [0.25, 0.3) is 0 Å². The highest BCUT2D eigenvalue weighted by molar-refractivity contribution is 6.08. The molecule has 9 rings (SSSR count). The van der Waals surface area contributed by atoms with Crippen molar-refractivity contribution in [2.75, 3.05) is 10.2 Å². The fourth-order valence-corrected chi connectivity index (χ4v) is 8.63. The molecule has 4 heteroatoms. The Kier molecular flexibility index (Phi) is 7.67. The minimum Gasteiger partial charge on any atom is -0.355 e. The molecule has 0 bridgehead atoms. The number of anilines is 5. The average molecular weight is 687 g/mol. The van der Waals surface area contributed by atoms with E-state index >= 15 is 0 Å². The number of aromatic nitrogens is 2. The molecule has 0 atom stereocenters. The molecule has 2 aromatic heterocycles. The van der Waals surface area contributed by atoms with Crippen LogP contribution in [0.3, 0.4) is 0 Å². The summed E-state index contributed by atoms with van der Waals surface area (Å²) in [4.78, 5) is 11.6. The quantitative estimate of drug-likeness (QED) is 0.189. The van der Waals surface area contributed by atoms with Gasteiger partial charge >= 0.3 is 0 Å². The first-order valence-electron chi connectivity index (χ1n) is 18.4. The molecule has 0 amide bonds. The van der Waals surface area contributed by atoms with Crippen LogP contribution in [0.2, 0.25) is 0 Å². The van der Waals surface area contributed by atoms with Crippen LogP contribution in [0, 0.1) is 6.92 Å². The summed E-state index contributed by atoms with van der Waals surface area (Å²) in [7, 11) is 0. The number of benzene rings is 6. The number of nitrogens with zero attached hydrogens (tertiary/aromatic N) is 3. The van der Waals surface area contributed by atoms with Gasteiger partial charge in [0.05, 0.1) is 11.4 Å². The predicted molar refractivity (Wildman–Crippen MR) is 222 cm³/mol. The van der Waals surface area contributed by atoms with Crippen LogP contribution in [-0.4, -0.2) is 9.97 Å². The van der Waals surface area contributed by atoms with Gasteiger partial charge in [0, 0.05) is 51.6 Å². The van der Waals surface area contributed by atoms with E-state index in [0.717, 1.165) is 33.4 Å². The summed E-state index contributed by atoms with van der Waals surface area (Å²) in [5.41, 5.74) is 13.0. The van der Waals surface area contributed by atoms with Crippen LogP contribution in [-0.2, 0) is 10.8 Å². The van der Waals surface area contributed by atoms with Crippen molar-refractivity contribution in [3.05, 3.63) is 186 Å². The number of hydrogen-bond acceptors (Lipinski definition) is 4. The summed E-state index contributed by atoms with van der Waals surface area (Å²) in [6, 6.07) is 50.5. The maximum Gasteiger partial charge on any atom is 0.145 e. The summed E-state index contributed by atoms with van der Waals surface area (Å²) >= 11 is 0. The lowest BCUT2D eigenvalue weighted by Gasteiger charge is -2.39. The van der Waals surface area contributed by atoms with Gasteiger partial charge in [-0.1, -0.05) is 131 Å². The summed E-state index contributed by atoms with van der Waals surface area (Å²) in [6.07, 6.45) is 5.59. The zero-order chi connectivity index (χ0) is 36.3. The lowest BCUT2D eigenvalue weighted by atomic mass is 9.69. The highest BCUT2D eigenvalue weighted by Gasteiger charge is 2.37. The van der Waals surface area contributed by atoms with Gasteiger partial charge in [-0.15, -0.1) is 0 Å². The fourth-order valence-electron chi connectivity index (χ4n) is 8.63. The van der Waals surface area contributed by atoms with Crippen molar-refractivity contribution >= 4 is 50.1 Å². The van der Waals surface area contributed by atoms with Gasteiger partial charge in [0.1, 0.15) is 5.82 Å². The normalized spacial score (nSPS) is 13.3. The van der Waals surface area contributed by atoms with Gasteiger partial charge in [-0.05, 0) is 93.0 Å². The smallest absolute Gasteiger partial charge is 0.145 e. The second-order valence-electron chi connectivity index (χ2n) is 15.3. The Hall–Kier alpha value is -6.26.